The molecule has 10 nitrogen and oxygen atoms in total. The van der Waals surface area contributed by atoms with Gasteiger partial charge in [0, 0.05) is 33.6 Å². The van der Waals surface area contributed by atoms with Crippen molar-refractivity contribution >= 4 is 35.1 Å². The summed E-state index contributed by atoms with van der Waals surface area (Å²) < 4.78 is 0. The van der Waals surface area contributed by atoms with Crippen LogP contribution in [0.25, 0.3) is 0 Å². The minimum absolute atomic E-state index is 0. The van der Waals surface area contributed by atoms with E-state index in [9.17, 15) is 28.8 Å². The molecule has 11 heteroatoms. The fraction of sp³-hybridized carbons (Fsp3) is 0.750. The number of ketones is 4. The topological polar surface area (TPSA) is 139 Å². The number of hydrogen-bond donors (Lipinski definition) is 0. The van der Waals surface area contributed by atoms with E-state index in [1.54, 1.807) is 27.7 Å². The third-order valence-electron chi connectivity index (χ3n) is 5.22. The minimum atomic E-state index is -1.10. The van der Waals surface area contributed by atoms with Gasteiger partial charge in [0.1, 0.15) is 23.4 Å². The maximum Gasteiger partial charge on any atom is 0.352 e. The monoisotopic (exact) mass is 534 g/mol. The number of carbonyl (C=O) groups excluding carboxylic acids is 6. The van der Waals surface area contributed by atoms with Gasteiger partial charge in [0.25, 0.3) is 0 Å². The molecule has 0 fully saturated rings. The first-order valence-electron chi connectivity index (χ1n) is 11.5. The molecule has 0 saturated heterocycles. The Labute approximate surface area is 221 Å². The number of rotatable bonds is 18. The van der Waals surface area contributed by atoms with Crippen LogP contribution in [0, 0.1) is 29.6 Å². The van der Waals surface area contributed by atoms with Gasteiger partial charge in [-0.25, -0.2) is 9.59 Å². The smallest absolute Gasteiger partial charge is 0.299 e. The van der Waals surface area contributed by atoms with Crippen molar-refractivity contribution in [1.29, 1.82) is 0 Å². The van der Waals surface area contributed by atoms with Crippen LogP contribution < -0.4 is 0 Å². The normalized spacial score (nSPS) is 13.4. The largest absolute Gasteiger partial charge is 0.352 e. The summed E-state index contributed by atoms with van der Waals surface area (Å²) in [4.78, 5) is 89.8. The van der Waals surface area contributed by atoms with Gasteiger partial charge < -0.3 is 0 Å². The maximum absolute atomic E-state index is 11.9. The van der Waals surface area contributed by atoms with Crippen LogP contribution in [0.5, 0.6) is 0 Å². The van der Waals surface area contributed by atoms with E-state index in [0.29, 0.717) is 12.8 Å². The molecule has 0 N–H and O–H groups in total. The van der Waals surface area contributed by atoms with Gasteiger partial charge in [0.15, 0.2) is 11.6 Å². The Morgan fingerprint density at radius 3 is 1.40 bits per heavy atom. The molecule has 198 valence electrons. The van der Waals surface area contributed by atoms with Gasteiger partial charge in [-0.05, 0) is 32.6 Å². The van der Waals surface area contributed by atoms with Gasteiger partial charge in [-0.3, -0.25) is 29.0 Å². The quantitative estimate of drug-likeness (QED) is 0.0848. The summed E-state index contributed by atoms with van der Waals surface area (Å²) in [6, 6.07) is 0. The summed E-state index contributed by atoms with van der Waals surface area (Å²) in [5.41, 5.74) is 0. The third-order valence-corrected chi connectivity index (χ3v) is 5.22. The van der Waals surface area contributed by atoms with Crippen LogP contribution in [-0.2, 0) is 70.0 Å². The van der Waals surface area contributed by atoms with Crippen LogP contribution in [0.4, 0.5) is 0 Å². The number of Topliss-reactive ketones (excluding diaryl/α,β-unsaturated/α-hetero) is 4. The Morgan fingerprint density at radius 2 is 1.00 bits per heavy atom. The summed E-state index contributed by atoms with van der Waals surface area (Å²) in [5.74, 6) is -6.04. The fourth-order valence-electron chi connectivity index (χ4n) is 2.35. The fourth-order valence-corrected chi connectivity index (χ4v) is 2.35. The van der Waals surface area contributed by atoms with Crippen molar-refractivity contribution in [2.75, 3.05) is 13.2 Å². The van der Waals surface area contributed by atoms with Crippen molar-refractivity contribution in [2.24, 2.45) is 29.6 Å². The van der Waals surface area contributed by atoms with Gasteiger partial charge in [-0.15, -0.1) is 0 Å². The van der Waals surface area contributed by atoms with Gasteiger partial charge in [-0.1, -0.05) is 34.6 Å². The Kier molecular flexibility index (Phi) is 18.7. The molecule has 0 bridgehead atoms. The zero-order chi connectivity index (χ0) is 26.4. The van der Waals surface area contributed by atoms with Gasteiger partial charge in [0.05, 0.1) is 26.1 Å². The summed E-state index contributed by atoms with van der Waals surface area (Å²) in [6.45, 7) is 11.4. The van der Waals surface area contributed by atoms with Crippen LogP contribution >= 0.6 is 0 Å². The molecule has 0 heterocycles. The van der Waals surface area contributed by atoms with Crippen molar-refractivity contribution < 1.29 is 70.0 Å². The molecular weight excluding hydrogens is 496 g/mol. The molecule has 0 aliphatic rings. The first-order valence-corrected chi connectivity index (χ1v) is 11.5. The summed E-state index contributed by atoms with van der Waals surface area (Å²) in [7, 11) is 0. The predicted octanol–water partition coefficient (Wildman–Crippen LogP) is 2.99. The number of carbonyl (C=O) groups is 6. The predicted molar refractivity (Wildman–Crippen MR) is 120 cm³/mol. The van der Waals surface area contributed by atoms with E-state index in [2.05, 4.69) is 9.78 Å². The van der Waals surface area contributed by atoms with E-state index in [1.165, 1.54) is 13.8 Å². The van der Waals surface area contributed by atoms with Crippen LogP contribution in [0.3, 0.4) is 0 Å². The van der Waals surface area contributed by atoms with Crippen molar-refractivity contribution in [3.05, 3.63) is 0 Å². The molecule has 0 spiro atoms. The van der Waals surface area contributed by atoms with E-state index in [0.717, 1.165) is 0 Å². The Morgan fingerprint density at radius 1 is 0.600 bits per heavy atom. The summed E-state index contributed by atoms with van der Waals surface area (Å²) >= 11 is 0. The van der Waals surface area contributed by atoms with E-state index >= 15 is 0 Å². The molecule has 0 radical (unpaired) electrons. The zero-order valence-corrected chi connectivity index (χ0v) is 23.3. The van der Waals surface area contributed by atoms with Crippen LogP contribution in [0.1, 0.15) is 74.1 Å². The second kappa shape index (κ2) is 18.5. The van der Waals surface area contributed by atoms with Crippen LogP contribution in [-0.4, -0.2) is 48.3 Å². The van der Waals surface area contributed by atoms with E-state index in [-0.39, 0.29) is 77.1 Å². The molecule has 0 saturated carbocycles. The molecule has 0 aromatic rings. The Bertz CT molecular complexity index is 732. The van der Waals surface area contributed by atoms with E-state index in [1.807, 2.05) is 6.92 Å². The van der Waals surface area contributed by atoms with Gasteiger partial charge >= 0.3 is 11.9 Å². The van der Waals surface area contributed by atoms with Crippen LogP contribution in [0.15, 0.2) is 0 Å². The van der Waals surface area contributed by atoms with E-state index in [4.69, 9.17) is 9.78 Å². The standard InChI is InChI=1S/C24H38O10.Ti/c1-14(2)19(25)11-21(27)17(6)23(29)33-31-10-8-9-16(5)13-32-34-24(30)18(7)22(28)12-20(26)15(3)4;/h14-18H,8-13H2,1-7H3;. The Hall–Kier alpha value is -1.75. The van der Waals surface area contributed by atoms with Crippen LogP contribution in [0.2, 0.25) is 0 Å². The molecule has 0 amide bonds. The average Bonchev–Trinajstić information content (AvgIpc) is 2.76. The molecule has 35 heavy (non-hydrogen) atoms. The van der Waals surface area contributed by atoms with E-state index < -0.39 is 35.3 Å². The molecule has 0 aliphatic carbocycles. The first kappa shape index (κ1) is 35.4. The first-order chi connectivity index (χ1) is 15.8. The van der Waals surface area contributed by atoms with Gasteiger partial charge in [0.2, 0.25) is 0 Å². The maximum atomic E-state index is 11.9. The van der Waals surface area contributed by atoms with Crippen molar-refractivity contribution in [3.63, 3.8) is 0 Å². The van der Waals surface area contributed by atoms with Crippen molar-refractivity contribution in [1.82, 2.24) is 0 Å². The zero-order valence-electron chi connectivity index (χ0n) is 21.7. The molecular formula is C24H38O10Ti. The molecule has 0 aromatic heterocycles. The molecule has 3 unspecified atom stereocenters. The number of hydrogen-bond acceptors (Lipinski definition) is 10. The molecule has 0 aliphatic heterocycles. The van der Waals surface area contributed by atoms with Crippen molar-refractivity contribution in [3.8, 4) is 0 Å². The average molecular weight is 534 g/mol. The third kappa shape index (κ3) is 15.1. The van der Waals surface area contributed by atoms with Crippen molar-refractivity contribution in [2.45, 2.75) is 74.1 Å². The molecule has 0 rings (SSSR count). The molecule has 0 aromatic carbocycles. The molecule has 3 atom stereocenters. The SMILES string of the molecule is CC(CCCOOC(=O)C(C)C(=O)CC(=O)C(C)C)COOC(=O)C(C)C(=O)CC(=O)C(C)C.[Ti]. The summed E-state index contributed by atoms with van der Waals surface area (Å²) in [6.07, 6.45) is 0.437. The van der Waals surface area contributed by atoms with Gasteiger partial charge in [-0.2, -0.15) is 9.78 Å². The minimum Gasteiger partial charge on any atom is -0.299 e. The Balaban J connectivity index is 0. The second-order valence-corrected chi connectivity index (χ2v) is 9.13. The summed E-state index contributed by atoms with van der Waals surface area (Å²) in [5, 5.41) is 0. The second-order valence-electron chi connectivity index (χ2n) is 9.13.